The van der Waals surface area contributed by atoms with Crippen molar-refractivity contribution >= 4 is 0 Å². The fourth-order valence-electron chi connectivity index (χ4n) is 4.04. The minimum Gasteiger partial charge on any atom is -0.261 e. The first-order valence-electron chi connectivity index (χ1n) is 7.25. The summed E-state index contributed by atoms with van der Waals surface area (Å²) in [6.07, 6.45) is 13.8. The summed E-state index contributed by atoms with van der Waals surface area (Å²) in [6.45, 7) is 0. The van der Waals surface area contributed by atoms with Crippen molar-refractivity contribution in [3.63, 3.8) is 0 Å². The lowest BCUT2D eigenvalue weighted by Crippen LogP contribution is -2.29. The van der Waals surface area contributed by atoms with Crippen LogP contribution < -0.4 is 0 Å². The molecule has 4 aliphatic rings. The number of hydrogen-bond acceptors (Lipinski definition) is 1. The standard InChI is InChI=1S/C17H19N/c1-2-10-18-17(3-1)14-8-9-15-12-4-6-13(7-5-12)16(15)11-14/h1-3,9-14H,4-8H2. The van der Waals surface area contributed by atoms with E-state index in [0.717, 1.165) is 18.3 Å². The van der Waals surface area contributed by atoms with Gasteiger partial charge in [-0.15, -0.1) is 0 Å². The third kappa shape index (κ3) is 1.57. The maximum absolute atomic E-state index is 4.53. The van der Waals surface area contributed by atoms with E-state index in [4.69, 9.17) is 0 Å². The van der Waals surface area contributed by atoms with Crippen molar-refractivity contribution in [2.75, 3.05) is 0 Å². The summed E-state index contributed by atoms with van der Waals surface area (Å²) in [6, 6.07) is 6.28. The molecule has 1 aromatic heterocycles. The normalized spacial score (nSPS) is 33.7. The molecule has 0 aliphatic heterocycles. The largest absolute Gasteiger partial charge is 0.261 e. The quantitative estimate of drug-likeness (QED) is 0.712. The predicted molar refractivity (Wildman–Crippen MR) is 73.2 cm³/mol. The van der Waals surface area contributed by atoms with E-state index in [0.29, 0.717) is 5.92 Å². The van der Waals surface area contributed by atoms with Gasteiger partial charge in [0.25, 0.3) is 0 Å². The van der Waals surface area contributed by atoms with Crippen molar-refractivity contribution in [1.29, 1.82) is 0 Å². The van der Waals surface area contributed by atoms with E-state index in [1.54, 1.807) is 11.1 Å². The highest BCUT2D eigenvalue weighted by molar-refractivity contribution is 5.44. The molecule has 1 heterocycles. The first kappa shape index (κ1) is 10.5. The van der Waals surface area contributed by atoms with Gasteiger partial charge in [-0.25, -0.2) is 0 Å². The predicted octanol–water partition coefficient (Wildman–Crippen LogP) is 4.24. The average Bonchev–Trinajstić information content (AvgIpc) is 2.49. The molecular weight excluding hydrogens is 218 g/mol. The molecule has 1 aromatic rings. The van der Waals surface area contributed by atoms with Gasteiger partial charge in [-0.2, -0.15) is 0 Å². The summed E-state index contributed by atoms with van der Waals surface area (Å²) >= 11 is 0. The highest BCUT2D eigenvalue weighted by Gasteiger charge is 2.37. The molecule has 0 N–H and O–H groups in total. The summed E-state index contributed by atoms with van der Waals surface area (Å²) in [5, 5.41) is 0. The molecule has 3 fully saturated rings. The topological polar surface area (TPSA) is 12.9 Å². The van der Waals surface area contributed by atoms with E-state index in [2.05, 4.69) is 29.3 Å². The first-order valence-corrected chi connectivity index (χ1v) is 7.25. The van der Waals surface area contributed by atoms with Gasteiger partial charge in [0.15, 0.2) is 0 Å². The lowest BCUT2D eigenvalue weighted by Gasteiger charge is -2.43. The van der Waals surface area contributed by atoms with Gasteiger partial charge in [0, 0.05) is 17.8 Å². The summed E-state index contributed by atoms with van der Waals surface area (Å²) in [5.74, 6) is 2.25. The maximum Gasteiger partial charge on any atom is 0.0475 e. The third-order valence-electron chi connectivity index (χ3n) is 4.98. The van der Waals surface area contributed by atoms with Crippen LogP contribution in [0, 0.1) is 11.8 Å². The SMILES string of the molecule is C1=C2C(=CC(c3ccccn3)C1)C1CCC2CC1. The fraction of sp³-hybridized carbons (Fsp3) is 0.471. The molecule has 3 saturated carbocycles. The Balaban J connectivity index is 1.69. The molecule has 92 valence electrons. The van der Waals surface area contributed by atoms with Crippen molar-refractivity contribution in [2.24, 2.45) is 11.8 Å². The number of aromatic nitrogens is 1. The van der Waals surface area contributed by atoms with Crippen LogP contribution in [0.25, 0.3) is 0 Å². The zero-order chi connectivity index (χ0) is 11.9. The van der Waals surface area contributed by atoms with Crippen LogP contribution in [0.4, 0.5) is 0 Å². The van der Waals surface area contributed by atoms with Gasteiger partial charge in [0.1, 0.15) is 0 Å². The Labute approximate surface area is 109 Å². The smallest absolute Gasteiger partial charge is 0.0475 e. The van der Waals surface area contributed by atoms with Crippen LogP contribution in [0.5, 0.6) is 0 Å². The number of hydrogen-bond donors (Lipinski definition) is 0. The van der Waals surface area contributed by atoms with Crippen LogP contribution in [-0.2, 0) is 0 Å². The molecular formula is C17H19N. The van der Waals surface area contributed by atoms with E-state index in [9.17, 15) is 0 Å². The Bertz CT molecular complexity index is 504. The number of nitrogens with zero attached hydrogens (tertiary/aromatic N) is 1. The van der Waals surface area contributed by atoms with Crippen LogP contribution in [0.3, 0.4) is 0 Å². The van der Waals surface area contributed by atoms with Crippen molar-refractivity contribution in [1.82, 2.24) is 4.98 Å². The molecule has 0 amide bonds. The van der Waals surface area contributed by atoms with E-state index in [1.807, 2.05) is 12.3 Å². The van der Waals surface area contributed by atoms with Gasteiger partial charge in [0.2, 0.25) is 0 Å². The monoisotopic (exact) mass is 237 g/mol. The van der Waals surface area contributed by atoms with Crippen molar-refractivity contribution in [2.45, 2.75) is 38.0 Å². The van der Waals surface area contributed by atoms with Crippen molar-refractivity contribution in [3.8, 4) is 0 Å². The van der Waals surface area contributed by atoms with E-state index in [1.165, 1.54) is 31.4 Å². The van der Waals surface area contributed by atoms with Gasteiger partial charge in [-0.1, -0.05) is 18.2 Å². The Kier molecular flexibility index (Phi) is 2.39. The molecule has 0 saturated heterocycles. The molecule has 0 radical (unpaired) electrons. The molecule has 1 heteroatoms. The second kappa shape index (κ2) is 4.08. The second-order valence-corrected chi connectivity index (χ2v) is 5.93. The van der Waals surface area contributed by atoms with E-state index >= 15 is 0 Å². The zero-order valence-electron chi connectivity index (χ0n) is 10.7. The van der Waals surface area contributed by atoms with Gasteiger partial charge in [0.05, 0.1) is 0 Å². The molecule has 1 atom stereocenters. The van der Waals surface area contributed by atoms with Gasteiger partial charge in [-0.3, -0.25) is 4.98 Å². The molecule has 4 aliphatic carbocycles. The van der Waals surface area contributed by atoms with Crippen LogP contribution >= 0.6 is 0 Å². The molecule has 0 aromatic carbocycles. The van der Waals surface area contributed by atoms with Gasteiger partial charge >= 0.3 is 0 Å². The molecule has 1 nitrogen and oxygen atoms in total. The summed E-state index contributed by atoms with van der Waals surface area (Å²) in [7, 11) is 0. The van der Waals surface area contributed by atoms with E-state index in [-0.39, 0.29) is 0 Å². The Morgan fingerprint density at radius 3 is 2.44 bits per heavy atom. The molecule has 0 spiro atoms. The minimum atomic E-state index is 0.518. The molecule has 1 unspecified atom stereocenters. The lowest BCUT2D eigenvalue weighted by atomic mass is 9.62. The first-order chi connectivity index (χ1) is 8.92. The highest BCUT2D eigenvalue weighted by atomic mass is 14.7. The summed E-state index contributed by atoms with van der Waals surface area (Å²) < 4.78 is 0. The molecule has 18 heavy (non-hydrogen) atoms. The third-order valence-corrected chi connectivity index (χ3v) is 4.98. The summed E-state index contributed by atoms with van der Waals surface area (Å²) in [5.41, 5.74) is 4.62. The van der Waals surface area contributed by atoms with Gasteiger partial charge in [-0.05, 0) is 67.2 Å². The Morgan fingerprint density at radius 1 is 0.944 bits per heavy atom. The van der Waals surface area contributed by atoms with Crippen molar-refractivity contribution in [3.05, 3.63) is 53.4 Å². The Hall–Kier alpha value is -1.37. The second-order valence-electron chi connectivity index (χ2n) is 5.93. The van der Waals surface area contributed by atoms with Crippen molar-refractivity contribution < 1.29 is 0 Å². The lowest BCUT2D eigenvalue weighted by molar-refractivity contribution is 0.289. The average molecular weight is 237 g/mol. The maximum atomic E-state index is 4.53. The minimum absolute atomic E-state index is 0.518. The van der Waals surface area contributed by atoms with Crippen LogP contribution in [0.2, 0.25) is 0 Å². The van der Waals surface area contributed by atoms with Gasteiger partial charge < -0.3 is 0 Å². The zero-order valence-corrected chi connectivity index (χ0v) is 10.7. The number of fused-ring (bicyclic) bond motifs is 2. The van der Waals surface area contributed by atoms with Crippen LogP contribution in [-0.4, -0.2) is 4.98 Å². The van der Waals surface area contributed by atoms with Crippen LogP contribution in [0.1, 0.15) is 43.7 Å². The van der Waals surface area contributed by atoms with E-state index < -0.39 is 0 Å². The highest BCUT2D eigenvalue weighted by Crippen LogP contribution is 2.51. The molecule has 5 rings (SSSR count). The fourth-order valence-corrected chi connectivity index (χ4v) is 4.04. The van der Waals surface area contributed by atoms with Crippen LogP contribution in [0.15, 0.2) is 47.7 Å². The number of rotatable bonds is 1. The number of allylic oxidation sites excluding steroid dienone is 4. The Morgan fingerprint density at radius 2 is 1.72 bits per heavy atom. The molecule has 2 bridgehead atoms. The summed E-state index contributed by atoms with van der Waals surface area (Å²) in [4.78, 5) is 4.53. The number of pyridine rings is 1.